The Bertz CT molecular complexity index is 1510. The molecule has 2 spiro atoms. The normalized spacial score (nSPS) is 32.8. The van der Waals surface area contributed by atoms with Crippen LogP contribution in [0.3, 0.4) is 0 Å². The molecule has 11 heteroatoms. The maximum Gasteiger partial charge on any atom is 0.166 e. The summed E-state index contributed by atoms with van der Waals surface area (Å²) >= 11 is 3.67. The topological polar surface area (TPSA) is 129 Å². The number of aliphatic hydroxyl groups is 2. The van der Waals surface area contributed by atoms with Crippen LogP contribution in [0.4, 0.5) is 0 Å². The van der Waals surface area contributed by atoms with Crippen molar-refractivity contribution in [3.63, 3.8) is 0 Å². The average Bonchev–Trinajstić information content (AvgIpc) is 3.38. The number of hydrogen-bond acceptors (Lipinski definition) is 8. The van der Waals surface area contributed by atoms with Gasteiger partial charge in [0.25, 0.3) is 0 Å². The van der Waals surface area contributed by atoms with E-state index < -0.39 is 12.2 Å². The molecule has 0 fully saturated rings. The van der Waals surface area contributed by atoms with Gasteiger partial charge in [-0.15, -0.1) is 0 Å². The molecule has 4 aliphatic carbocycles. The van der Waals surface area contributed by atoms with Gasteiger partial charge in [-0.25, -0.2) is 0 Å². The van der Waals surface area contributed by atoms with Crippen molar-refractivity contribution in [1.82, 2.24) is 0 Å². The number of methoxy groups -OCH3 is 2. The average molecular weight is 815 g/mol. The van der Waals surface area contributed by atoms with Crippen LogP contribution in [0, 0.1) is 0 Å². The Morgan fingerprint density at radius 3 is 1.87 bits per heavy atom. The smallest absolute Gasteiger partial charge is 0.166 e. The third-order valence-corrected chi connectivity index (χ3v) is 11.2. The fraction of sp³-hybridized carbons (Fsp3) is 0.556. The summed E-state index contributed by atoms with van der Waals surface area (Å²) in [5.41, 5.74) is 17.2. The minimum Gasteiger partial charge on any atom is -0.493 e. The van der Waals surface area contributed by atoms with Gasteiger partial charge in [-0.1, -0.05) is 74.0 Å². The standard InChI is InChI=1S/C17H20BrNO3.C17H21NO3.2CH4.Cu.Zn/c1-21-12-8-10(18)14-11(19)3-2-5-17-6-4-9(20)7-13(17)22-16(12)15(14)17;1-20-13-5-4-11-12(18)3-2-7-17-8-6-10(19)9-14(17)21-16(13)15(11)17;;;;/h4,6,8-9,11,13,20H,2-3,5,7,19H2,1H3;4-6,8,10,12,14,19H,2-3,7,9,18H2,1H3;2*1H4;;/t9-,11?,13?,17?;10-,12?,14?,17?;;;;/m00..../s1. The Kier molecular flexibility index (Phi) is 13.0. The minimum absolute atomic E-state index is 0. The van der Waals surface area contributed by atoms with Gasteiger partial charge in [0.2, 0.25) is 0 Å². The number of hydrogen-bond donors (Lipinski definition) is 4. The van der Waals surface area contributed by atoms with Crippen molar-refractivity contribution in [2.45, 2.75) is 114 Å². The third kappa shape index (κ3) is 6.27. The molecule has 259 valence electrons. The Balaban J connectivity index is 0.000000236. The van der Waals surface area contributed by atoms with Crippen LogP contribution in [0.25, 0.3) is 0 Å². The second kappa shape index (κ2) is 15.2. The Labute approximate surface area is 311 Å². The van der Waals surface area contributed by atoms with Gasteiger partial charge in [-0.2, -0.15) is 0 Å². The van der Waals surface area contributed by atoms with Gasteiger partial charge in [0.1, 0.15) is 12.2 Å². The number of benzene rings is 2. The zero-order valence-electron chi connectivity index (χ0n) is 25.7. The van der Waals surface area contributed by atoms with Crippen molar-refractivity contribution in [2.24, 2.45) is 11.5 Å². The van der Waals surface area contributed by atoms with Crippen LogP contribution in [-0.2, 0) is 47.4 Å². The summed E-state index contributed by atoms with van der Waals surface area (Å²) in [6.45, 7) is 0. The quantitative estimate of drug-likeness (QED) is 0.202. The number of halogens is 1. The largest absolute Gasteiger partial charge is 0.493 e. The van der Waals surface area contributed by atoms with Crippen molar-refractivity contribution < 1.29 is 65.7 Å². The molecule has 2 aromatic rings. The van der Waals surface area contributed by atoms with Gasteiger partial charge in [0.15, 0.2) is 23.0 Å². The molecular weight excluding hydrogens is 765 g/mol. The first-order chi connectivity index (χ1) is 20.7. The third-order valence-electron chi connectivity index (χ3n) is 10.6. The van der Waals surface area contributed by atoms with Crippen LogP contribution in [0.2, 0.25) is 0 Å². The van der Waals surface area contributed by atoms with Crippen molar-refractivity contribution >= 4 is 15.9 Å². The molecule has 6 N–H and O–H groups in total. The number of ether oxygens (including phenoxy) is 4. The summed E-state index contributed by atoms with van der Waals surface area (Å²) in [6.07, 6.45) is 14.5. The Morgan fingerprint density at radius 2 is 1.32 bits per heavy atom. The fourth-order valence-corrected chi connectivity index (χ4v) is 9.21. The predicted molar refractivity (Wildman–Crippen MR) is 180 cm³/mol. The second-order valence-corrected chi connectivity index (χ2v) is 13.7. The molecule has 1 radical (unpaired) electrons. The molecule has 0 aromatic heterocycles. The molecule has 0 amide bonds. The van der Waals surface area contributed by atoms with E-state index in [0.29, 0.717) is 12.8 Å². The molecule has 2 heterocycles. The van der Waals surface area contributed by atoms with Crippen molar-refractivity contribution in [2.75, 3.05) is 14.2 Å². The molecule has 0 saturated heterocycles. The van der Waals surface area contributed by atoms with E-state index in [0.717, 1.165) is 77.1 Å². The van der Waals surface area contributed by atoms with E-state index in [2.05, 4.69) is 34.1 Å². The molecule has 8 nitrogen and oxygen atoms in total. The van der Waals surface area contributed by atoms with Crippen LogP contribution in [-0.4, -0.2) is 48.8 Å². The molecule has 2 aromatic carbocycles. The van der Waals surface area contributed by atoms with Crippen molar-refractivity contribution in [3.05, 3.63) is 69.2 Å². The van der Waals surface area contributed by atoms with Crippen LogP contribution in [0.1, 0.15) is 101 Å². The van der Waals surface area contributed by atoms with E-state index in [1.54, 1.807) is 14.2 Å². The second-order valence-electron chi connectivity index (χ2n) is 12.9. The maximum absolute atomic E-state index is 10.0. The van der Waals surface area contributed by atoms with Gasteiger partial charge in [-0.05, 0) is 48.9 Å². The Hall–Kier alpha value is -1.42. The van der Waals surface area contributed by atoms with Gasteiger partial charge >= 0.3 is 0 Å². The van der Waals surface area contributed by atoms with E-state index in [1.807, 2.05) is 24.3 Å². The first kappa shape index (κ1) is 40.0. The first-order valence-corrected chi connectivity index (χ1v) is 16.2. The summed E-state index contributed by atoms with van der Waals surface area (Å²) < 4.78 is 24.5. The van der Waals surface area contributed by atoms with Crippen molar-refractivity contribution in [3.8, 4) is 23.0 Å². The van der Waals surface area contributed by atoms with E-state index in [4.69, 9.17) is 30.4 Å². The molecule has 47 heavy (non-hydrogen) atoms. The van der Waals surface area contributed by atoms with E-state index >= 15 is 0 Å². The van der Waals surface area contributed by atoms with Gasteiger partial charge in [0, 0.05) is 77.1 Å². The van der Waals surface area contributed by atoms with Crippen LogP contribution in [0.5, 0.6) is 23.0 Å². The summed E-state index contributed by atoms with van der Waals surface area (Å²) in [7, 11) is 3.32. The van der Waals surface area contributed by atoms with Gasteiger partial charge in [0.05, 0.1) is 37.3 Å². The van der Waals surface area contributed by atoms with E-state index in [9.17, 15) is 10.2 Å². The molecule has 8 atom stereocenters. The Morgan fingerprint density at radius 1 is 0.809 bits per heavy atom. The summed E-state index contributed by atoms with van der Waals surface area (Å²) in [6, 6.07) is 6.03. The zero-order valence-corrected chi connectivity index (χ0v) is 31.2. The minimum atomic E-state index is -0.445. The molecule has 6 aliphatic rings. The van der Waals surface area contributed by atoms with E-state index in [1.165, 1.54) is 11.1 Å². The molecular formula is C36H49BrCuN2O6Zn. The summed E-state index contributed by atoms with van der Waals surface area (Å²) in [5.74, 6) is 3.13. The zero-order chi connectivity index (χ0) is 30.1. The summed E-state index contributed by atoms with van der Waals surface area (Å²) in [4.78, 5) is 0. The predicted octanol–water partition coefficient (Wildman–Crippen LogP) is 6.43. The summed E-state index contributed by atoms with van der Waals surface area (Å²) in [5, 5.41) is 20.0. The number of rotatable bonds is 2. The number of nitrogens with two attached hydrogens (primary N) is 2. The van der Waals surface area contributed by atoms with Crippen LogP contribution < -0.4 is 30.4 Å². The van der Waals surface area contributed by atoms with Crippen LogP contribution in [0.15, 0.2) is 47.0 Å². The number of aliphatic hydroxyl groups excluding tert-OH is 2. The molecule has 0 saturated carbocycles. The van der Waals surface area contributed by atoms with Gasteiger partial charge < -0.3 is 40.6 Å². The molecule has 8 rings (SSSR count). The van der Waals surface area contributed by atoms with Crippen LogP contribution >= 0.6 is 15.9 Å². The fourth-order valence-electron chi connectivity index (χ4n) is 8.51. The SMILES string of the molecule is C.C.COc1cc(Br)c2c3c1OC1C[C@@H](O)C=CC31CCCC2N.COc1ccc2c3c1OC1C[C@@H](O)C=CC31CCCC2N.[Cu].[Zn]. The van der Waals surface area contributed by atoms with Crippen molar-refractivity contribution in [1.29, 1.82) is 0 Å². The molecule has 6 unspecified atom stereocenters. The molecule has 0 bridgehead atoms. The van der Waals surface area contributed by atoms with E-state index in [-0.39, 0.29) is 86.5 Å². The van der Waals surface area contributed by atoms with Gasteiger partial charge in [-0.3, -0.25) is 0 Å². The first-order valence-electron chi connectivity index (χ1n) is 15.4. The maximum atomic E-state index is 10.0. The monoisotopic (exact) mass is 811 g/mol. The molecule has 2 aliphatic heterocycles.